The van der Waals surface area contributed by atoms with Gasteiger partial charge >= 0.3 is 6.03 Å². The maximum absolute atomic E-state index is 12.2. The van der Waals surface area contributed by atoms with Gasteiger partial charge in [0.2, 0.25) is 0 Å². The third-order valence-corrected chi connectivity index (χ3v) is 4.53. The van der Waals surface area contributed by atoms with E-state index in [4.69, 9.17) is 0 Å². The van der Waals surface area contributed by atoms with Gasteiger partial charge in [-0.05, 0) is 36.5 Å². The first-order valence-electron chi connectivity index (χ1n) is 8.98. The fourth-order valence-electron chi connectivity index (χ4n) is 2.98. The van der Waals surface area contributed by atoms with Gasteiger partial charge in [0.15, 0.2) is 0 Å². The zero-order valence-corrected chi connectivity index (χ0v) is 14.8. The molecule has 3 rings (SSSR count). The minimum absolute atomic E-state index is 0.0352. The molecule has 0 unspecified atom stereocenters. The Hall–Kier alpha value is -2.56. The van der Waals surface area contributed by atoms with E-state index in [2.05, 4.69) is 39.9 Å². The third-order valence-electron chi connectivity index (χ3n) is 4.53. The highest BCUT2D eigenvalue weighted by atomic mass is 16.2. The Morgan fingerprint density at radius 3 is 2.88 bits per heavy atom. The lowest BCUT2D eigenvalue weighted by Gasteiger charge is -2.19. The van der Waals surface area contributed by atoms with Crippen LogP contribution in [0.15, 0.2) is 42.5 Å². The van der Waals surface area contributed by atoms with Crippen LogP contribution in [-0.2, 0) is 19.3 Å². The number of pyridine rings is 1. The van der Waals surface area contributed by atoms with E-state index in [1.165, 1.54) is 17.5 Å². The first-order chi connectivity index (χ1) is 12.2. The number of nitrogens with one attached hydrogen (secondary N) is 2. The first-order valence-corrected chi connectivity index (χ1v) is 8.98. The van der Waals surface area contributed by atoms with Crippen LogP contribution >= 0.6 is 0 Å². The number of benzene rings is 1. The highest BCUT2D eigenvalue weighted by molar-refractivity contribution is 5.73. The monoisotopic (exact) mass is 338 g/mol. The summed E-state index contributed by atoms with van der Waals surface area (Å²) in [6.07, 6.45) is 3.87. The summed E-state index contributed by atoms with van der Waals surface area (Å²) in [5.41, 5.74) is 3.55. The minimum Gasteiger partial charge on any atom is -0.370 e. The maximum atomic E-state index is 12.2. The van der Waals surface area contributed by atoms with E-state index in [1.807, 2.05) is 25.2 Å². The van der Waals surface area contributed by atoms with Crippen LogP contribution in [0.3, 0.4) is 0 Å². The molecule has 2 heterocycles. The minimum atomic E-state index is -0.0352. The lowest BCUT2D eigenvalue weighted by atomic mass is 10.1. The highest BCUT2D eigenvalue weighted by Crippen LogP contribution is 2.19. The number of rotatable bonds is 6. The average molecular weight is 338 g/mol. The predicted molar refractivity (Wildman–Crippen MR) is 101 cm³/mol. The topological polar surface area (TPSA) is 57.3 Å². The number of amides is 2. The number of hydrogen-bond donors (Lipinski definition) is 2. The zero-order chi connectivity index (χ0) is 17.5. The second-order valence-electron chi connectivity index (χ2n) is 6.48. The van der Waals surface area contributed by atoms with E-state index in [0.717, 1.165) is 37.3 Å². The molecule has 1 aromatic carbocycles. The molecule has 0 fully saturated rings. The molecule has 0 radical (unpaired) electrons. The molecule has 2 N–H and O–H groups in total. The van der Waals surface area contributed by atoms with Crippen LogP contribution in [0.4, 0.5) is 10.6 Å². The molecule has 0 spiro atoms. The van der Waals surface area contributed by atoms with Gasteiger partial charge < -0.3 is 15.5 Å². The van der Waals surface area contributed by atoms with E-state index in [0.29, 0.717) is 13.1 Å². The fraction of sp³-hybridized carbons (Fsp3) is 0.400. The number of nitrogens with zero attached hydrogens (tertiary/aromatic N) is 2. The van der Waals surface area contributed by atoms with Crippen molar-refractivity contribution in [1.29, 1.82) is 0 Å². The van der Waals surface area contributed by atoms with Crippen LogP contribution in [-0.4, -0.2) is 42.6 Å². The largest absolute Gasteiger partial charge is 0.370 e. The molecule has 1 aliphatic heterocycles. The number of anilines is 1. The van der Waals surface area contributed by atoms with Crippen molar-refractivity contribution in [3.8, 4) is 0 Å². The van der Waals surface area contributed by atoms with E-state index in [9.17, 15) is 4.79 Å². The number of aromatic nitrogens is 1. The summed E-state index contributed by atoms with van der Waals surface area (Å²) in [4.78, 5) is 18.6. The number of likely N-dealkylation sites (N-methyl/N-ethyl adjacent to an activating group) is 1. The molecule has 2 amide bonds. The molecule has 0 saturated carbocycles. The van der Waals surface area contributed by atoms with Crippen LogP contribution in [0.25, 0.3) is 0 Å². The smallest absolute Gasteiger partial charge is 0.317 e. The lowest BCUT2D eigenvalue weighted by Crippen LogP contribution is -2.39. The quantitative estimate of drug-likeness (QED) is 0.851. The molecule has 2 aromatic rings. The molecule has 25 heavy (non-hydrogen) atoms. The van der Waals surface area contributed by atoms with Crippen molar-refractivity contribution in [2.45, 2.75) is 25.7 Å². The van der Waals surface area contributed by atoms with E-state index in [-0.39, 0.29) is 6.03 Å². The van der Waals surface area contributed by atoms with Crippen LogP contribution < -0.4 is 10.6 Å². The Balaban J connectivity index is 1.41. The van der Waals surface area contributed by atoms with Crippen molar-refractivity contribution in [2.75, 3.05) is 32.0 Å². The summed E-state index contributed by atoms with van der Waals surface area (Å²) in [6.45, 7) is 2.30. The van der Waals surface area contributed by atoms with Gasteiger partial charge in [-0.15, -0.1) is 0 Å². The number of hydrogen-bond acceptors (Lipinski definition) is 3. The van der Waals surface area contributed by atoms with Gasteiger partial charge in [0, 0.05) is 38.8 Å². The summed E-state index contributed by atoms with van der Waals surface area (Å²) >= 11 is 0. The van der Waals surface area contributed by atoms with Crippen LogP contribution in [0, 0.1) is 0 Å². The van der Waals surface area contributed by atoms with Gasteiger partial charge in [-0.1, -0.05) is 36.4 Å². The van der Waals surface area contributed by atoms with Crippen molar-refractivity contribution in [3.63, 3.8) is 0 Å². The van der Waals surface area contributed by atoms with Gasteiger partial charge in [-0.25, -0.2) is 9.78 Å². The Morgan fingerprint density at radius 2 is 2.04 bits per heavy atom. The Morgan fingerprint density at radius 1 is 1.20 bits per heavy atom. The summed E-state index contributed by atoms with van der Waals surface area (Å²) in [5.74, 6) is 1.01. The molecule has 5 nitrogen and oxygen atoms in total. The number of fused-ring (bicyclic) bond motifs is 1. The summed E-state index contributed by atoms with van der Waals surface area (Å²) < 4.78 is 0. The molecule has 0 saturated heterocycles. The number of aryl methyl sites for hydroxylation is 1. The van der Waals surface area contributed by atoms with Gasteiger partial charge in [0.25, 0.3) is 0 Å². The van der Waals surface area contributed by atoms with E-state index >= 15 is 0 Å². The molecule has 1 aromatic heterocycles. The van der Waals surface area contributed by atoms with E-state index < -0.39 is 0 Å². The second kappa shape index (κ2) is 8.51. The van der Waals surface area contributed by atoms with Crippen molar-refractivity contribution in [1.82, 2.24) is 15.2 Å². The molecular formula is C20H26N4O. The fourth-order valence-corrected chi connectivity index (χ4v) is 2.98. The third kappa shape index (κ3) is 4.95. The van der Waals surface area contributed by atoms with E-state index in [1.54, 1.807) is 4.90 Å². The molecular weight excluding hydrogens is 312 g/mol. The molecule has 0 aliphatic carbocycles. The Bertz CT molecular complexity index is 702. The second-order valence-corrected chi connectivity index (χ2v) is 6.48. The van der Waals surface area contributed by atoms with Crippen molar-refractivity contribution < 1.29 is 4.79 Å². The van der Waals surface area contributed by atoms with Gasteiger partial charge in [0.05, 0.1) is 0 Å². The molecule has 132 valence electrons. The normalized spacial score (nSPS) is 12.8. The molecule has 5 heteroatoms. The first kappa shape index (κ1) is 17.3. The standard InChI is InChI=1S/C20H26N4O/c1-24(15-12-16-6-3-2-4-7-16)20(25)22-14-11-18-10-9-17-8-5-13-21-19(17)23-18/h2-4,6-7,9-10H,5,8,11-15H2,1H3,(H,21,23)(H,22,25). The van der Waals surface area contributed by atoms with Gasteiger partial charge in [-0.2, -0.15) is 0 Å². The summed E-state index contributed by atoms with van der Waals surface area (Å²) in [6, 6.07) is 14.4. The lowest BCUT2D eigenvalue weighted by molar-refractivity contribution is 0.209. The van der Waals surface area contributed by atoms with Crippen molar-refractivity contribution in [3.05, 3.63) is 59.3 Å². The molecule has 0 atom stereocenters. The zero-order valence-electron chi connectivity index (χ0n) is 14.8. The molecule has 0 bridgehead atoms. The van der Waals surface area contributed by atoms with Crippen LogP contribution in [0.1, 0.15) is 23.2 Å². The van der Waals surface area contributed by atoms with Crippen molar-refractivity contribution in [2.24, 2.45) is 0 Å². The summed E-state index contributed by atoms with van der Waals surface area (Å²) in [5, 5.41) is 6.32. The predicted octanol–water partition coefficient (Wildman–Crippen LogP) is 2.87. The Labute approximate surface area is 149 Å². The number of carbonyl (C=O) groups excluding carboxylic acids is 1. The number of carbonyl (C=O) groups is 1. The summed E-state index contributed by atoms with van der Waals surface area (Å²) in [7, 11) is 1.83. The Kier molecular flexibility index (Phi) is 5.88. The van der Waals surface area contributed by atoms with Gasteiger partial charge in [-0.3, -0.25) is 0 Å². The van der Waals surface area contributed by atoms with Crippen LogP contribution in [0.5, 0.6) is 0 Å². The van der Waals surface area contributed by atoms with Crippen molar-refractivity contribution >= 4 is 11.8 Å². The van der Waals surface area contributed by atoms with Gasteiger partial charge in [0.1, 0.15) is 5.82 Å². The highest BCUT2D eigenvalue weighted by Gasteiger charge is 2.11. The average Bonchev–Trinajstić information content (AvgIpc) is 2.66. The molecule has 1 aliphatic rings. The number of urea groups is 1. The van der Waals surface area contributed by atoms with Crippen LogP contribution in [0.2, 0.25) is 0 Å². The SMILES string of the molecule is CN(CCc1ccccc1)C(=O)NCCc1ccc2c(n1)NCCC2. The maximum Gasteiger partial charge on any atom is 0.317 e.